The number of amides is 1. The molecule has 0 fully saturated rings. The molecule has 0 saturated carbocycles. The smallest absolute Gasteiger partial charge is 0.262 e. The summed E-state index contributed by atoms with van der Waals surface area (Å²) in [5.41, 5.74) is 0.997. The predicted molar refractivity (Wildman–Crippen MR) is 93.8 cm³/mol. The van der Waals surface area contributed by atoms with E-state index < -0.39 is 0 Å². The number of hydrogen-bond acceptors (Lipinski definition) is 7. The van der Waals surface area contributed by atoms with Crippen molar-refractivity contribution < 1.29 is 4.79 Å². The number of aromatic nitrogens is 4. The van der Waals surface area contributed by atoms with Gasteiger partial charge in [0, 0.05) is 4.88 Å². The Morgan fingerprint density at radius 2 is 2.12 bits per heavy atom. The van der Waals surface area contributed by atoms with E-state index in [0.717, 1.165) is 41.1 Å². The molecule has 3 heterocycles. The summed E-state index contributed by atoms with van der Waals surface area (Å²) in [6.07, 6.45) is 5.67. The largest absolute Gasteiger partial charge is 0.299 e. The quantitative estimate of drug-likeness (QED) is 0.772. The molecular formula is C15H15N5O2S2. The fraction of sp³-hybridized carbons (Fsp3) is 0.400. The van der Waals surface area contributed by atoms with Crippen molar-refractivity contribution in [1.29, 1.82) is 0 Å². The third kappa shape index (κ3) is 2.73. The van der Waals surface area contributed by atoms with Crippen LogP contribution < -0.4 is 10.9 Å². The van der Waals surface area contributed by atoms with Crippen LogP contribution in [0.4, 0.5) is 5.13 Å². The number of nitrogens with zero attached hydrogens (tertiary/aromatic N) is 4. The number of anilines is 1. The van der Waals surface area contributed by atoms with Gasteiger partial charge in [-0.2, -0.15) is 0 Å². The number of fused-ring (bicyclic) bond motifs is 3. The second kappa shape index (κ2) is 6.06. The summed E-state index contributed by atoms with van der Waals surface area (Å²) in [6, 6.07) is 0. The van der Waals surface area contributed by atoms with Crippen LogP contribution in [0.15, 0.2) is 11.1 Å². The second-order valence-electron chi connectivity index (χ2n) is 5.74. The van der Waals surface area contributed by atoms with Gasteiger partial charge in [-0.15, -0.1) is 21.5 Å². The Bertz CT molecular complexity index is 988. The van der Waals surface area contributed by atoms with Gasteiger partial charge in [0.15, 0.2) is 0 Å². The molecule has 0 aliphatic heterocycles. The summed E-state index contributed by atoms with van der Waals surface area (Å²) in [5, 5.41) is 12.3. The van der Waals surface area contributed by atoms with E-state index in [9.17, 15) is 9.59 Å². The predicted octanol–water partition coefficient (Wildman–Crippen LogP) is 2.14. The molecule has 0 aromatic carbocycles. The summed E-state index contributed by atoms with van der Waals surface area (Å²) < 4.78 is 1.37. The highest BCUT2D eigenvalue weighted by Crippen LogP contribution is 2.33. The van der Waals surface area contributed by atoms with Gasteiger partial charge in [0.05, 0.1) is 11.7 Å². The molecule has 0 unspecified atom stereocenters. The van der Waals surface area contributed by atoms with Gasteiger partial charge in [0.1, 0.15) is 16.4 Å². The lowest BCUT2D eigenvalue weighted by atomic mass is 9.97. The molecule has 1 aliphatic rings. The van der Waals surface area contributed by atoms with E-state index in [1.807, 2.05) is 6.92 Å². The number of thiophene rings is 1. The van der Waals surface area contributed by atoms with Crippen molar-refractivity contribution in [1.82, 2.24) is 19.7 Å². The Balaban J connectivity index is 1.63. The molecule has 0 radical (unpaired) electrons. The lowest BCUT2D eigenvalue weighted by Gasteiger charge is -2.10. The van der Waals surface area contributed by atoms with E-state index >= 15 is 0 Å². The number of carbonyl (C=O) groups is 1. The highest BCUT2D eigenvalue weighted by Gasteiger charge is 2.20. The van der Waals surface area contributed by atoms with E-state index in [4.69, 9.17) is 0 Å². The van der Waals surface area contributed by atoms with Crippen LogP contribution in [0.2, 0.25) is 0 Å². The topological polar surface area (TPSA) is 89.8 Å². The zero-order valence-corrected chi connectivity index (χ0v) is 14.7. The number of hydrogen-bond donors (Lipinski definition) is 1. The Kier molecular flexibility index (Phi) is 3.89. The molecule has 9 heteroatoms. The van der Waals surface area contributed by atoms with E-state index in [2.05, 4.69) is 20.5 Å². The van der Waals surface area contributed by atoms with Gasteiger partial charge in [0.25, 0.3) is 5.56 Å². The van der Waals surface area contributed by atoms with Crippen LogP contribution in [0.5, 0.6) is 0 Å². The van der Waals surface area contributed by atoms with Crippen LogP contribution in [-0.2, 0) is 24.2 Å². The summed E-state index contributed by atoms with van der Waals surface area (Å²) in [6.45, 7) is 1.74. The molecule has 0 atom stereocenters. The van der Waals surface area contributed by atoms with Crippen LogP contribution in [0.25, 0.3) is 10.2 Å². The molecule has 124 valence electrons. The van der Waals surface area contributed by atoms with Crippen molar-refractivity contribution in [3.8, 4) is 0 Å². The SMILES string of the molecule is Cc1nnc(NC(=O)Cn2cnc3sc4c(c3c2=O)CCCC4)s1. The van der Waals surface area contributed by atoms with Crippen LogP contribution in [-0.4, -0.2) is 25.7 Å². The molecule has 1 N–H and O–H groups in total. The zero-order valence-electron chi connectivity index (χ0n) is 13.0. The lowest BCUT2D eigenvalue weighted by Crippen LogP contribution is -2.28. The van der Waals surface area contributed by atoms with Gasteiger partial charge < -0.3 is 0 Å². The fourth-order valence-corrected chi connectivity index (χ4v) is 4.78. The molecule has 1 amide bonds. The Morgan fingerprint density at radius 3 is 2.92 bits per heavy atom. The van der Waals surface area contributed by atoms with Crippen LogP contribution >= 0.6 is 22.7 Å². The average molecular weight is 361 g/mol. The van der Waals surface area contributed by atoms with E-state index in [0.29, 0.717) is 10.5 Å². The Hall–Kier alpha value is -2.13. The maximum atomic E-state index is 12.8. The minimum atomic E-state index is -0.307. The molecule has 1 aliphatic carbocycles. The Morgan fingerprint density at radius 1 is 1.29 bits per heavy atom. The minimum absolute atomic E-state index is 0.0784. The molecule has 3 aromatic heterocycles. The first kappa shape index (κ1) is 15.4. The normalized spacial score (nSPS) is 13.9. The molecular weight excluding hydrogens is 346 g/mol. The second-order valence-corrected chi connectivity index (χ2v) is 8.01. The maximum Gasteiger partial charge on any atom is 0.262 e. The lowest BCUT2D eigenvalue weighted by molar-refractivity contribution is -0.116. The van der Waals surface area contributed by atoms with Crippen molar-refractivity contribution in [2.45, 2.75) is 39.2 Å². The molecule has 0 spiro atoms. The van der Waals surface area contributed by atoms with Gasteiger partial charge in [0.2, 0.25) is 11.0 Å². The number of carbonyl (C=O) groups excluding carboxylic acids is 1. The van der Waals surface area contributed by atoms with Crippen molar-refractivity contribution in [2.24, 2.45) is 0 Å². The van der Waals surface area contributed by atoms with Gasteiger partial charge in [-0.25, -0.2) is 4.98 Å². The first-order chi connectivity index (χ1) is 11.6. The number of nitrogens with one attached hydrogen (secondary N) is 1. The molecule has 3 aromatic rings. The van der Waals surface area contributed by atoms with Crippen LogP contribution in [0.1, 0.15) is 28.3 Å². The fourth-order valence-electron chi connectivity index (χ4n) is 2.95. The van der Waals surface area contributed by atoms with E-state index in [-0.39, 0.29) is 18.0 Å². The van der Waals surface area contributed by atoms with Crippen molar-refractivity contribution in [3.05, 3.63) is 32.1 Å². The first-order valence-electron chi connectivity index (χ1n) is 7.71. The summed E-state index contributed by atoms with van der Waals surface area (Å²) in [7, 11) is 0. The highest BCUT2D eigenvalue weighted by molar-refractivity contribution is 7.18. The molecule has 7 nitrogen and oxygen atoms in total. The van der Waals surface area contributed by atoms with Gasteiger partial charge in [-0.3, -0.25) is 19.5 Å². The number of aryl methyl sites for hydroxylation is 3. The summed E-state index contributed by atoms with van der Waals surface area (Å²) in [4.78, 5) is 31.4. The van der Waals surface area contributed by atoms with Crippen molar-refractivity contribution in [2.75, 3.05) is 5.32 Å². The van der Waals surface area contributed by atoms with Gasteiger partial charge >= 0.3 is 0 Å². The molecule has 4 rings (SSSR count). The molecule has 0 bridgehead atoms. The molecule has 24 heavy (non-hydrogen) atoms. The minimum Gasteiger partial charge on any atom is -0.299 e. The third-order valence-electron chi connectivity index (χ3n) is 4.03. The Labute approximate surface area is 145 Å². The summed E-state index contributed by atoms with van der Waals surface area (Å²) in [5.74, 6) is -0.307. The average Bonchev–Trinajstić information content (AvgIpc) is 3.13. The summed E-state index contributed by atoms with van der Waals surface area (Å²) >= 11 is 2.90. The van der Waals surface area contributed by atoms with E-state index in [1.165, 1.54) is 27.1 Å². The van der Waals surface area contributed by atoms with Gasteiger partial charge in [-0.1, -0.05) is 11.3 Å². The van der Waals surface area contributed by atoms with Crippen molar-refractivity contribution >= 4 is 43.9 Å². The maximum absolute atomic E-state index is 12.8. The van der Waals surface area contributed by atoms with Gasteiger partial charge in [-0.05, 0) is 38.2 Å². The van der Waals surface area contributed by atoms with E-state index in [1.54, 1.807) is 11.3 Å². The monoisotopic (exact) mass is 361 g/mol. The first-order valence-corrected chi connectivity index (χ1v) is 9.35. The number of rotatable bonds is 3. The standard InChI is InChI=1S/C15H15N5O2S2/c1-8-18-19-15(23-8)17-11(21)6-20-7-16-13-12(14(20)22)9-4-2-3-5-10(9)24-13/h7H,2-6H2,1H3,(H,17,19,21). The molecule has 0 saturated heterocycles. The highest BCUT2D eigenvalue weighted by atomic mass is 32.1. The van der Waals surface area contributed by atoms with Crippen LogP contribution in [0.3, 0.4) is 0 Å². The third-order valence-corrected chi connectivity index (χ3v) is 5.98. The van der Waals surface area contributed by atoms with Crippen molar-refractivity contribution in [3.63, 3.8) is 0 Å². The van der Waals surface area contributed by atoms with Crippen LogP contribution in [0, 0.1) is 6.92 Å². The zero-order chi connectivity index (χ0) is 16.7.